The van der Waals surface area contributed by atoms with E-state index in [1.165, 1.54) is 18.2 Å². The zero-order chi connectivity index (χ0) is 15.5. The first-order valence-corrected chi connectivity index (χ1v) is 6.94. The molecule has 0 heterocycles. The molecule has 1 amide bonds. The molecule has 0 aromatic heterocycles. The average Bonchev–Trinajstić information content (AvgIpc) is 2.49. The van der Waals surface area contributed by atoms with Crippen molar-refractivity contribution >= 4 is 17.7 Å². The Morgan fingerprint density at radius 1 is 1.29 bits per heavy atom. The molecule has 1 rings (SSSR count). The highest BCUT2D eigenvalue weighted by Gasteiger charge is 2.03. The van der Waals surface area contributed by atoms with Crippen LogP contribution in [0.3, 0.4) is 0 Å². The fourth-order valence-electron chi connectivity index (χ4n) is 1.77. The number of benzene rings is 1. The summed E-state index contributed by atoms with van der Waals surface area (Å²) < 4.78 is 0. The van der Waals surface area contributed by atoms with Crippen LogP contribution in [-0.2, 0) is 4.79 Å². The van der Waals surface area contributed by atoms with Crippen molar-refractivity contribution in [1.29, 1.82) is 0 Å². The van der Waals surface area contributed by atoms with Crippen LogP contribution in [0.5, 0.6) is 0 Å². The number of aliphatic hydroxyl groups is 1. The molecular formula is C15H20N2O4. The SMILES string of the molecule is O=C(/C=C/c1cccc([N+](=O)[O-])c1)NCCCCCCO. The highest BCUT2D eigenvalue weighted by Crippen LogP contribution is 2.13. The first-order valence-electron chi connectivity index (χ1n) is 6.94. The number of nitro groups is 1. The molecule has 0 aliphatic carbocycles. The zero-order valence-corrected chi connectivity index (χ0v) is 11.8. The number of nitrogens with one attached hydrogen (secondary N) is 1. The van der Waals surface area contributed by atoms with E-state index in [2.05, 4.69) is 5.32 Å². The molecule has 114 valence electrons. The van der Waals surface area contributed by atoms with Gasteiger partial charge in [0.1, 0.15) is 0 Å². The third kappa shape index (κ3) is 7.22. The maximum absolute atomic E-state index is 11.6. The normalized spacial score (nSPS) is 10.7. The molecule has 0 radical (unpaired) electrons. The molecule has 0 spiro atoms. The van der Waals surface area contributed by atoms with E-state index in [0.717, 1.165) is 25.7 Å². The number of rotatable bonds is 9. The van der Waals surface area contributed by atoms with Gasteiger partial charge in [-0.2, -0.15) is 0 Å². The van der Waals surface area contributed by atoms with E-state index in [9.17, 15) is 14.9 Å². The first-order chi connectivity index (χ1) is 10.1. The third-order valence-corrected chi connectivity index (χ3v) is 2.89. The minimum atomic E-state index is -0.468. The summed E-state index contributed by atoms with van der Waals surface area (Å²) in [5, 5.41) is 22.0. The van der Waals surface area contributed by atoms with Gasteiger partial charge >= 0.3 is 0 Å². The van der Waals surface area contributed by atoms with E-state index < -0.39 is 4.92 Å². The minimum Gasteiger partial charge on any atom is -0.396 e. The second kappa shape index (κ2) is 9.66. The van der Waals surface area contributed by atoms with Gasteiger partial charge < -0.3 is 10.4 Å². The Labute approximate surface area is 123 Å². The highest BCUT2D eigenvalue weighted by molar-refractivity contribution is 5.91. The van der Waals surface area contributed by atoms with Gasteiger partial charge in [0, 0.05) is 31.4 Å². The van der Waals surface area contributed by atoms with E-state index in [0.29, 0.717) is 12.1 Å². The predicted molar refractivity (Wildman–Crippen MR) is 80.7 cm³/mol. The maximum atomic E-state index is 11.6. The van der Waals surface area contributed by atoms with E-state index >= 15 is 0 Å². The minimum absolute atomic E-state index is 0.00133. The molecule has 0 fully saturated rings. The summed E-state index contributed by atoms with van der Waals surface area (Å²) in [7, 11) is 0. The molecule has 1 aromatic rings. The molecule has 2 N–H and O–H groups in total. The molecule has 0 saturated carbocycles. The second-order valence-electron chi connectivity index (χ2n) is 4.61. The Morgan fingerprint density at radius 3 is 2.76 bits per heavy atom. The van der Waals surface area contributed by atoms with Gasteiger partial charge in [-0.05, 0) is 24.5 Å². The van der Waals surface area contributed by atoms with Gasteiger partial charge in [0.2, 0.25) is 5.91 Å². The van der Waals surface area contributed by atoms with Crippen molar-refractivity contribution in [2.45, 2.75) is 25.7 Å². The first kappa shape index (κ1) is 16.8. The van der Waals surface area contributed by atoms with Crippen LogP contribution in [0.4, 0.5) is 5.69 Å². The van der Waals surface area contributed by atoms with E-state index in [1.54, 1.807) is 18.2 Å². The van der Waals surface area contributed by atoms with Crippen molar-refractivity contribution in [1.82, 2.24) is 5.32 Å². The van der Waals surface area contributed by atoms with E-state index in [-0.39, 0.29) is 18.2 Å². The number of nitro benzene ring substituents is 1. The topological polar surface area (TPSA) is 92.5 Å². The van der Waals surface area contributed by atoms with Crippen LogP contribution in [-0.4, -0.2) is 29.1 Å². The van der Waals surface area contributed by atoms with Gasteiger partial charge in [-0.25, -0.2) is 0 Å². The number of nitrogens with zero attached hydrogens (tertiary/aromatic N) is 1. The fourth-order valence-corrected chi connectivity index (χ4v) is 1.77. The smallest absolute Gasteiger partial charge is 0.270 e. The lowest BCUT2D eigenvalue weighted by Crippen LogP contribution is -2.21. The summed E-state index contributed by atoms with van der Waals surface area (Å²) in [5.74, 6) is -0.219. The monoisotopic (exact) mass is 292 g/mol. The number of unbranched alkanes of at least 4 members (excludes halogenated alkanes) is 3. The summed E-state index contributed by atoms with van der Waals surface area (Å²) in [5.41, 5.74) is 0.615. The van der Waals surface area contributed by atoms with E-state index in [4.69, 9.17) is 5.11 Å². The summed E-state index contributed by atoms with van der Waals surface area (Å²) in [6.45, 7) is 0.794. The van der Waals surface area contributed by atoms with Crippen LogP contribution in [0.25, 0.3) is 6.08 Å². The molecule has 6 heteroatoms. The Balaban J connectivity index is 2.33. The molecule has 6 nitrogen and oxygen atoms in total. The molecule has 1 aromatic carbocycles. The van der Waals surface area contributed by atoms with Crippen LogP contribution >= 0.6 is 0 Å². The van der Waals surface area contributed by atoms with Crippen LogP contribution in [0.1, 0.15) is 31.2 Å². The van der Waals surface area contributed by atoms with Crippen molar-refractivity contribution in [2.75, 3.05) is 13.2 Å². The highest BCUT2D eigenvalue weighted by atomic mass is 16.6. The number of carbonyl (C=O) groups excluding carboxylic acids is 1. The quantitative estimate of drug-likeness (QED) is 0.316. The molecule has 0 bridgehead atoms. The number of aliphatic hydroxyl groups excluding tert-OH is 1. The largest absolute Gasteiger partial charge is 0.396 e. The van der Waals surface area contributed by atoms with Gasteiger partial charge in [-0.3, -0.25) is 14.9 Å². The standard InChI is InChI=1S/C15H20N2O4/c18-11-4-2-1-3-10-16-15(19)9-8-13-6-5-7-14(12-13)17(20)21/h5-9,12,18H,1-4,10-11H2,(H,16,19)/b9-8+. The van der Waals surface area contributed by atoms with Crippen LogP contribution in [0, 0.1) is 10.1 Å². The Bertz CT molecular complexity index is 500. The van der Waals surface area contributed by atoms with Gasteiger partial charge in [0.15, 0.2) is 0 Å². The van der Waals surface area contributed by atoms with Crippen LogP contribution in [0.15, 0.2) is 30.3 Å². The van der Waals surface area contributed by atoms with Crippen molar-refractivity contribution in [3.8, 4) is 0 Å². The molecule has 0 aliphatic rings. The Kier molecular flexibility index (Phi) is 7.74. The van der Waals surface area contributed by atoms with E-state index in [1.807, 2.05) is 0 Å². The van der Waals surface area contributed by atoms with Crippen molar-refractivity contribution in [3.05, 3.63) is 46.0 Å². The van der Waals surface area contributed by atoms with Crippen molar-refractivity contribution in [2.24, 2.45) is 0 Å². The summed E-state index contributed by atoms with van der Waals surface area (Å²) in [4.78, 5) is 21.7. The lowest BCUT2D eigenvalue weighted by atomic mass is 10.2. The second-order valence-corrected chi connectivity index (χ2v) is 4.61. The fraction of sp³-hybridized carbons (Fsp3) is 0.400. The number of carbonyl (C=O) groups is 1. The predicted octanol–water partition coefficient (Wildman–Crippen LogP) is 2.28. The molecule has 0 unspecified atom stereocenters. The van der Waals surface area contributed by atoms with Gasteiger partial charge in [-0.1, -0.05) is 25.0 Å². The van der Waals surface area contributed by atoms with Gasteiger partial charge in [0.05, 0.1) is 4.92 Å². The maximum Gasteiger partial charge on any atom is 0.270 e. The van der Waals surface area contributed by atoms with Gasteiger partial charge in [0.25, 0.3) is 5.69 Å². The van der Waals surface area contributed by atoms with Crippen LogP contribution in [0.2, 0.25) is 0 Å². The third-order valence-electron chi connectivity index (χ3n) is 2.89. The number of amides is 1. The summed E-state index contributed by atoms with van der Waals surface area (Å²) in [6, 6.07) is 6.10. The number of non-ortho nitro benzene ring substituents is 1. The van der Waals surface area contributed by atoms with Crippen molar-refractivity contribution < 1.29 is 14.8 Å². The van der Waals surface area contributed by atoms with Crippen molar-refractivity contribution in [3.63, 3.8) is 0 Å². The van der Waals surface area contributed by atoms with Crippen LogP contribution < -0.4 is 5.32 Å². The molecule has 0 aliphatic heterocycles. The molecule has 0 atom stereocenters. The Morgan fingerprint density at radius 2 is 2.05 bits per heavy atom. The molecule has 0 saturated heterocycles. The Hall–Kier alpha value is -2.21. The van der Waals surface area contributed by atoms with Gasteiger partial charge in [-0.15, -0.1) is 0 Å². The number of hydrogen-bond donors (Lipinski definition) is 2. The lowest BCUT2D eigenvalue weighted by Gasteiger charge is -2.01. The average molecular weight is 292 g/mol. The zero-order valence-electron chi connectivity index (χ0n) is 11.8. The summed E-state index contributed by atoms with van der Waals surface area (Å²) in [6.07, 6.45) is 6.50. The summed E-state index contributed by atoms with van der Waals surface area (Å²) >= 11 is 0. The molecular weight excluding hydrogens is 272 g/mol. The number of hydrogen-bond acceptors (Lipinski definition) is 4. The molecule has 21 heavy (non-hydrogen) atoms. The lowest BCUT2D eigenvalue weighted by molar-refractivity contribution is -0.384.